The number of hydrogen-bond acceptors (Lipinski definition) is 8. The normalized spacial score (nSPS) is 19.9. The summed E-state index contributed by atoms with van der Waals surface area (Å²) in [5.41, 5.74) is 7.71. The molecule has 0 radical (unpaired) electrons. The average Bonchev–Trinajstić information content (AvgIpc) is 3.27. The summed E-state index contributed by atoms with van der Waals surface area (Å²) in [7, 11) is 1.64. The largest absolute Gasteiger partial charge is 0.341 e. The van der Waals surface area contributed by atoms with Gasteiger partial charge in [-0.25, -0.2) is 14.3 Å². The number of rotatable bonds is 5. The molecule has 11 heteroatoms. The molecule has 2 unspecified atom stereocenters. The molecular formula is C26H34N8O3. The minimum absolute atomic E-state index is 0.0131. The Morgan fingerprint density at radius 2 is 1.97 bits per heavy atom. The molecule has 196 valence electrons. The highest BCUT2D eigenvalue weighted by atomic mass is 16.2. The van der Waals surface area contributed by atoms with Gasteiger partial charge in [0.2, 0.25) is 5.95 Å². The molecule has 3 aromatic rings. The summed E-state index contributed by atoms with van der Waals surface area (Å²) < 4.78 is 4.55. The number of nitrogens with two attached hydrogens (primary N) is 1. The molecule has 2 N–H and O–H groups in total. The highest BCUT2D eigenvalue weighted by molar-refractivity contribution is 6.03. The first-order chi connectivity index (χ1) is 17.7. The summed E-state index contributed by atoms with van der Waals surface area (Å²) in [6.45, 7) is 8.09. The quantitative estimate of drug-likeness (QED) is 0.516. The third-order valence-corrected chi connectivity index (χ3v) is 7.24. The first-order valence-electron chi connectivity index (χ1n) is 12.8. The minimum Gasteiger partial charge on any atom is -0.341 e. The van der Waals surface area contributed by atoms with Gasteiger partial charge in [-0.3, -0.25) is 14.2 Å². The monoisotopic (exact) mass is 506 g/mol. The number of allylic oxidation sites excluding steroid dienone is 2. The van der Waals surface area contributed by atoms with E-state index in [9.17, 15) is 14.4 Å². The summed E-state index contributed by atoms with van der Waals surface area (Å²) in [5, 5.41) is 0. The molecule has 0 saturated carbocycles. The van der Waals surface area contributed by atoms with E-state index in [4.69, 9.17) is 10.7 Å². The molecule has 37 heavy (non-hydrogen) atoms. The van der Waals surface area contributed by atoms with E-state index < -0.39 is 11.2 Å². The number of aryl methyl sites for hydroxylation is 1. The second-order valence-electron chi connectivity index (χ2n) is 10.4. The van der Waals surface area contributed by atoms with Crippen molar-refractivity contribution in [2.24, 2.45) is 18.7 Å². The van der Waals surface area contributed by atoms with Gasteiger partial charge in [0.05, 0.1) is 5.56 Å². The Balaban J connectivity index is 1.67. The van der Waals surface area contributed by atoms with Crippen LogP contribution in [0.5, 0.6) is 0 Å². The molecule has 3 aromatic heterocycles. The second-order valence-corrected chi connectivity index (χ2v) is 10.4. The molecule has 0 spiro atoms. The Hall–Kier alpha value is -3.73. The molecule has 2 atom stereocenters. The maximum absolute atomic E-state index is 14.0. The third kappa shape index (κ3) is 4.37. The number of hydrogen-bond donors (Lipinski definition) is 1. The number of carbonyl (C=O) groups is 1. The fourth-order valence-corrected chi connectivity index (χ4v) is 5.27. The highest BCUT2D eigenvalue weighted by Gasteiger charge is 2.31. The predicted molar refractivity (Wildman–Crippen MR) is 143 cm³/mol. The number of pyridine rings is 1. The topological polar surface area (TPSA) is 124 Å². The predicted octanol–water partition coefficient (Wildman–Crippen LogP) is 1.48. The SMILES string of the molecule is CC(C)=CCn1c(N2CCCC(N)C2)nc2c1c(=O)n(CN1CC(C)C(=O)c3cccnc31)c(=O)n2C. The van der Waals surface area contributed by atoms with Gasteiger partial charge in [-0.1, -0.05) is 18.6 Å². The number of aromatic nitrogens is 5. The number of fused-ring (bicyclic) bond motifs is 2. The fraction of sp³-hybridized carbons (Fsp3) is 0.500. The summed E-state index contributed by atoms with van der Waals surface area (Å²) in [6.07, 6.45) is 5.54. The molecule has 11 nitrogen and oxygen atoms in total. The highest BCUT2D eigenvalue weighted by Crippen LogP contribution is 2.28. The van der Waals surface area contributed by atoms with Crippen LogP contribution in [-0.4, -0.2) is 55.1 Å². The van der Waals surface area contributed by atoms with Gasteiger partial charge in [-0.15, -0.1) is 0 Å². The van der Waals surface area contributed by atoms with Crippen LogP contribution in [0.3, 0.4) is 0 Å². The van der Waals surface area contributed by atoms with Crippen LogP contribution in [0.15, 0.2) is 39.6 Å². The van der Waals surface area contributed by atoms with Crippen LogP contribution in [0.1, 0.15) is 44.0 Å². The van der Waals surface area contributed by atoms with E-state index in [-0.39, 0.29) is 24.4 Å². The molecule has 2 aliphatic heterocycles. The van der Waals surface area contributed by atoms with Gasteiger partial charge in [0.15, 0.2) is 16.9 Å². The molecule has 5 rings (SSSR count). The van der Waals surface area contributed by atoms with Gasteiger partial charge in [-0.05, 0) is 38.8 Å². The van der Waals surface area contributed by atoms with Crippen molar-refractivity contribution in [1.29, 1.82) is 0 Å². The van der Waals surface area contributed by atoms with E-state index in [0.29, 0.717) is 48.1 Å². The van der Waals surface area contributed by atoms with Crippen molar-refractivity contribution in [2.45, 2.75) is 52.9 Å². The average molecular weight is 507 g/mol. The Bertz CT molecular complexity index is 1510. The van der Waals surface area contributed by atoms with Crippen LogP contribution in [0.4, 0.5) is 11.8 Å². The van der Waals surface area contributed by atoms with Gasteiger partial charge < -0.3 is 20.1 Å². The van der Waals surface area contributed by atoms with E-state index in [2.05, 4.69) is 9.88 Å². The first-order valence-corrected chi connectivity index (χ1v) is 12.8. The molecule has 0 bridgehead atoms. The zero-order valence-electron chi connectivity index (χ0n) is 21.8. The lowest BCUT2D eigenvalue weighted by Gasteiger charge is -2.32. The van der Waals surface area contributed by atoms with Crippen LogP contribution in [0.25, 0.3) is 11.2 Å². The standard InChI is InChI=1S/C26H34N8O3/c1-16(2)9-12-33-20-23(29-25(33)31-11-6-7-18(27)14-31)30(4)26(37)34(24(20)36)15-32-13-17(3)21(35)19-8-5-10-28-22(19)32/h5,8-10,17-18H,6-7,11-15,27H2,1-4H3. The summed E-state index contributed by atoms with van der Waals surface area (Å²) >= 11 is 0. The zero-order valence-corrected chi connectivity index (χ0v) is 21.8. The number of anilines is 2. The molecule has 1 saturated heterocycles. The fourth-order valence-electron chi connectivity index (χ4n) is 5.27. The van der Waals surface area contributed by atoms with E-state index in [1.807, 2.05) is 36.3 Å². The molecule has 0 amide bonds. The molecule has 2 aliphatic rings. The Labute approximate surface area is 214 Å². The molecular weight excluding hydrogens is 472 g/mol. The smallest absolute Gasteiger partial charge is 0.333 e. The van der Waals surface area contributed by atoms with Gasteiger partial charge in [0.1, 0.15) is 12.5 Å². The Morgan fingerprint density at radius 1 is 1.19 bits per heavy atom. The number of imidazole rings is 1. The summed E-state index contributed by atoms with van der Waals surface area (Å²) in [4.78, 5) is 53.3. The van der Waals surface area contributed by atoms with Crippen molar-refractivity contribution in [3.63, 3.8) is 0 Å². The van der Waals surface area contributed by atoms with Crippen LogP contribution >= 0.6 is 0 Å². The molecule has 0 aliphatic carbocycles. The lowest BCUT2D eigenvalue weighted by molar-refractivity contribution is 0.0923. The van der Waals surface area contributed by atoms with Crippen LogP contribution in [-0.2, 0) is 20.3 Å². The number of nitrogens with zero attached hydrogens (tertiary/aromatic N) is 7. The second kappa shape index (κ2) is 9.62. The van der Waals surface area contributed by atoms with E-state index in [1.165, 1.54) is 9.13 Å². The van der Waals surface area contributed by atoms with E-state index in [0.717, 1.165) is 25.0 Å². The van der Waals surface area contributed by atoms with Crippen LogP contribution in [0.2, 0.25) is 0 Å². The van der Waals surface area contributed by atoms with Crippen molar-refractivity contribution in [2.75, 3.05) is 29.4 Å². The van der Waals surface area contributed by atoms with Gasteiger partial charge in [0.25, 0.3) is 5.56 Å². The Kier molecular flexibility index (Phi) is 6.49. The molecule has 1 fully saturated rings. The number of ketones is 1. The summed E-state index contributed by atoms with van der Waals surface area (Å²) in [6, 6.07) is 3.49. The van der Waals surface area contributed by atoms with Crippen molar-refractivity contribution in [1.82, 2.24) is 23.7 Å². The number of piperidine rings is 1. The summed E-state index contributed by atoms with van der Waals surface area (Å²) in [5.74, 6) is 0.870. The van der Waals surface area contributed by atoms with Gasteiger partial charge in [0, 0.05) is 51.4 Å². The van der Waals surface area contributed by atoms with Crippen molar-refractivity contribution in [3.05, 3.63) is 56.4 Å². The van der Waals surface area contributed by atoms with E-state index >= 15 is 0 Å². The lowest BCUT2D eigenvalue weighted by atomic mass is 9.95. The Morgan fingerprint density at radius 3 is 2.70 bits per heavy atom. The number of carbonyl (C=O) groups excluding carboxylic acids is 1. The van der Waals surface area contributed by atoms with E-state index in [1.54, 1.807) is 25.4 Å². The maximum atomic E-state index is 14.0. The van der Waals surface area contributed by atoms with Crippen LogP contribution in [0, 0.1) is 5.92 Å². The third-order valence-electron chi connectivity index (χ3n) is 7.24. The maximum Gasteiger partial charge on any atom is 0.333 e. The lowest BCUT2D eigenvalue weighted by Crippen LogP contribution is -2.47. The zero-order chi connectivity index (χ0) is 26.4. The molecule has 0 aromatic carbocycles. The van der Waals surface area contributed by atoms with Gasteiger partial charge in [-0.2, -0.15) is 4.98 Å². The van der Waals surface area contributed by atoms with Crippen molar-refractivity contribution in [3.8, 4) is 0 Å². The minimum atomic E-state index is -0.465. The van der Waals surface area contributed by atoms with Gasteiger partial charge >= 0.3 is 5.69 Å². The first kappa shape index (κ1) is 24.9. The van der Waals surface area contributed by atoms with Crippen LogP contribution < -0.4 is 26.8 Å². The van der Waals surface area contributed by atoms with Crippen molar-refractivity contribution >= 4 is 28.7 Å². The molecule has 5 heterocycles. The number of Topliss-reactive ketones (excluding diaryl/α,β-unsaturated/α-hetero) is 1. The van der Waals surface area contributed by atoms with Crippen molar-refractivity contribution < 1.29 is 4.79 Å².